The molecule has 10 aromatic rings. The third kappa shape index (κ3) is 5.04. The Balaban J connectivity index is 1.24. The van der Waals surface area contributed by atoms with E-state index in [9.17, 15) is 0 Å². The number of hydrogen-bond donors (Lipinski definition) is 0. The van der Waals surface area contributed by atoms with Gasteiger partial charge in [0.05, 0.1) is 0 Å². The second-order valence-corrected chi connectivity index (χ2v) is 13.4. The standard InChI is InChI=1S/C50H32N2/c1-3-9-36(10-4-1)47-44-25-23-39-29-43(35-17-15-33(16-18-35)41-13-7-27-51-31-41)30-40-24-26-45(50(44)46(39)40)48(37-11-5-2-6-12-37)49(47)38-21-19-34(20-22-38)42-14-8-28-52-32-42/h1-32H. The van der Waals surface area contributed by atoms with Crippen molar-refractivity contribution in [3.8, 4) is 66.8 Å². The Kier molecular flexibility index (Phi) is 7.18. The van der Waals surface area contributed by atoms with E-state index in [2.05, 4.69) is 168 Å². The van der Waals surface area contributed by atoms with Crippen molar-refractivity contribution in [3.05, 3.63) is 195 Å². The van der Waals surface area contributed by atoms with Gasteiger partial charge in [-0.25, -0.2) is 0 Å². The number of aromatic nitrogens is 2. The molecule has 242 valence electrons. The van der Waals surface area contributed by atoms with Crippen molar-refractivity contribution >= 4 is 32.3 Å². The predicted octanol–water partition coefficient (Wildman–Crippen LogP) is 13.4. The molecule has 10 rings (SSSR count). The highest BCUT2D eigenvalue weighted by atomic mass is 14.6. The fourth-order valence-corrected chi connectivity index (χ4v) is 7.99. The average Bonchev–Trinajstić information content (AvgIpc) is 3.23. The van der Waals surface area contributed by atoms with E-state index < -0.39 is 0 Å². The third-order valence-electron chi connectivity index (χ3n) is 10.4. The lowest BCUT2D eigenvalue weighted by Gasteiger charge is -2.24. The normalized spacial score (nSPS) is 11.5. The molecule has 0 radical (unpaired) electrons. The highest BCUT2D eigenvalue weighted by Crippen LogP contribution is 2.51. The van der Waals surface area contributed by atoms with Gasteiger partial charge in [0.2, 0.25) is 0 Å². The summed E-state index contributed by atoms with van der Waals surface area (Å²) in [7, 11) is 0. The Hall–Kier alpha value is -6.90. The van der Waals surface area contributed by atoms with Crippen molar-refractivity contribution < 1.29 is 0 Å². The lowest BCUT2D eigenvalue weighted by Crippen LogP contribution is -1.96. The Bertz CT molecular complexity index is 2720. The van der Waals surface area contributed by atoms with Crippen LogP contribution >= 0.6 is 0 Å². The molecule has 2 heterocycles. The molecule has 0 fully saturated rings. The minimum Gasteiger partial charge on any atom is -0.264 e. The molecular weight excluding hydrogens is 629 g/mol. The molecular formula is C50H32N2. The van der Waals surface area contributed by atoms with Crippen LogP contribution in [0.1, 0.15) is 0 Å². The number of benzene rings is 8. The summed E-state index contributed by atoms with van der Waals surface area (Å²) in [5, 5.41) is 7.63. The summed E-state index contributed by atoms with van der Waals surface area (Å²) in [6, 6.07) is 61.9. The molecule has 0 aliphatic heterocycles. The first-order chi connectivity index (χ1) is 25.8. The lowest BCUT2D eigenvalue weighted by atomic mass is 9.79. The molecule has 0 unspecified atom stereocenters. The van der Waals surface area contributed by atoms with Crippen LogP contribution in [0.3, 0.4) is 0 Å². The summed E-state index contributed by atoms with van der Waals surface area (Å²) < 4.78 is 0. The monoisotopic (exact) mass is 660 g/mol. The molecule has 52 heavy (non-hydrogen) atoms. The molecule has 0 aliphatic rings. The van der Waals surface area contributed by atoms with Gasteiger partial charge < -0.3 is 0 Å². The first-order valence-corrected chi connectivity index (χ1v) is 17.7. The third-order valence-corrected chi connectivity index (χ3v) is 10.4. The number of hydrogen-bond acceptors (Lipinski definition) is 2. The van der Waals surface area contributed by atoms with Crippen LogP contribution in [0.4, 0.5) is 0 Å². The predicted molar refractivity (Wildman–Crippen MR) is 218 cm³/mol. The zero-order chi connectivity index (χ0) is 34.4. The van der Waals surface area contributed by atoms with Crippen LogP contribution in [-0.2, 0) is 0 Å². The Morgan fingerprint density at radius 1 is 0.269 bits per heavy atom. The number of rotatable bonds is 6. The lowest BCUT2D eigenvalue weighted by molar-refractivity contribution is 1.33. The number of pyridine rings is 2. The van der Waals surface area contributed by atoms with E-state index >= 15 is 0 Å². The van der Waals surface area contributed by atoms with Crippen LogP contribution in [-0.4, -0.2) is 9.97 Å². The van der Waals surface area contributed by atoms with Crippen molar-refractivity contribution in [2.45, 2.75) is 0 Å². The SMILES string of the molecule is c1ccc(-c2c(-c3ccc(-c4cccnc4)cc3)c(-c3ccccc3)c3ccc4cc(-c5ccc(-c6cccnc6)cc5)cc5ccc2c3c54)cc1. The van der Waals surface area contributed by atoms with Crippen molar-refractivity contribution in [2.75, 3.05) is 0 Å². The second-order valence-electron chi connectivity index (χ2n) is 13.4. The first kappa shape index (κ1) is 30.0. The Morgan fingerprint density at radius 3 is 1.12 bits per heavy atom. The maximum Gasteiger partial charge on any atom is 0.0346 e. The highest BCUT2D eigenvalue weighted by molar-refractivity contribution is 6.31. The largest absolute Gasteiger partial charge is 0.264 e. The first-order valence-electron chi connectivity index (χ1n) is 17.7. The molecule has 2 nitrogen and oxygen atoms in total. The van der Waals surface area contributed by atoms with Crippen LogP contribution in [0.5, 0.6) is 0 Å². The maximum atomic E-state index is 4.36. The summed E-state index contributed by atoms with van der Waals surface area (Å²) in [5.41, 5.74) is 14.3. The van der Waals surface area contributed by atoms with Gasteiger partial charge in [0, 0.05) is 24.8 Å². The van der Waals surface area contributed by atoms with E-state index in [1.807, 2.05) is 36.9 Å². The smallest absolute Gasteiger partial charge is 0.0346 e. The summed E-state index contributed by atoms with van der Waals surface area (Å²) >= 11 is 0. The van der Waals surface area contributed by atoms with Crippen molar-refractivity contribution in [1.82, 2.24) is 9.97 Å². The molecule has 0 bridgehead atoms. The number of nitrogens with zero attached hydrogens (tertiary/aromatic N) is 2. The molecule has 0 saturated carbocycles. The highest BCUT2D eigenvalue weighted by Gasteiger charge is 2.23. The molecule has 0 aliphatic carbocycles. The van der Waals surface area contributed by atoms with E-state index in [1.165, 1.54) is 82.4 Å². The van der Waals surface area contributed by atoms with Crippen LogP contribution < -0.4 is 0 Å². The van der Waals surface area contributed by atoms with Crippen molar-refractivity contribution in [2.24, 2.45) is 0 Å². The quantitative estimate of drug-likeness (QED) is 0.166. The molecule has 0 atom stereocenters. The van der Waals surface area contributed by atoms with Crippen molar-refractivity contribution in [1.29, 1.82) is 0 Å². The van der Waals surface area contributed by atoms with E-state index in [0.29, 0.717) is 0 Å². The minimum atomic E-state index is 1.11. The van der Waals surface area contributed by atoms with E-state index in [4.69, 9.17) is 0 Å². The van der Waals surface area contributed by atoms with Crippen LogP contribution in [0.15, 0.2) is 195 Å². The second kappa shape index (κ2) is 12.5. The van der Waals surface area contributed by atoms with Gasteiger partial charge in [-0.1, -0.05) is 146 Å². The Labute approximate surface area is 302 Å². The van der Waals surface area contributed by atoms with E-state index in [0.717, 1.165) is 16.7 Å². The molecule has 0 spiro atoms. The zero-order valence-electron chi connectivity index (χ0n) is 28.4. The summed E-state index contributed by atoms with van der Waals surface area (Å²) in [6.07, 6.45) is 7.48. The van der Waals surface area contributed by atoms with Gasteiger partial charge >= 0.3 is 0 Å². The molecule has 2 aromatic heterocycles. The Morgan fingerprint density at radius 2 is 0.673 bits per heavy atom. The summed E-state index contributed by atoms with van der Waals surface area (Å²) in [5.74, 6) is 0. The van der Waals surface area contributed by atoms with Gasteiger partial charge in [-0.05, 0) is 123 Å². The van der Waals surface area contributed by atoms with Crippen molar-refractivity contribution in [3.63, 3.8) is 0 Å². The zero-order valence-corrected chi connectivity index (χ0v) is 28.4. The molecule has 8 aromatic carbocycles. The fourth-order valence-electron chi connectivity index (χ4n) is 7.99. The van der Waals surface area contributed by atoms with Gasteiger partial charge in [-0.3, -0.25) is 9.97 Å². The summed E-state index contributed by atoms with van der Waals surface area (Å²) in [6.45, 7) is 0. The van der Waals surface area contributed by atoms with Gasteiger partial charge in [-0.15, -0.1) is 0 Å². The molecule has 2 heteroatoms. The van der Waals surface area contributed by atoms with Crippen LogP contribution in [0.25, 0.3) is 99.1 Å². The molecule has 0 N–H and O–H groups in total. The molecule has 0 amide bonds. The van der Waals surface area contributed by atoms with Gasteiger partial charge in [0.1, 0.15) is 0 Å². The molecule has 0 saturated heterocycles. The average molecular weight is 661 g/mol. The summed E-state index contributed by atoms with van der Waals surface area (Å²) in [4.78, 5) is 8.67. The van der Waals surface area contributed by atoms with Gasteiger partial charge in [-0.2, -0.15) is 0 Å². The van der Waals surface area contributed by atoms with Gasteiger partial charge in [0.25, 0.3) is 0 Å². The van der Waals surface area contributed by atoms with Crippen LogP contribution in [0.2, 0.25) is 0 Å². The maximum absolute atomic E-state index is 4.36. The topological polar surface area (TPSA) is 25.8 Å². The van der Waals surface area contributed by atoms with Crippen LogP contribution in [0, 0.1) is 0 Å². The van der Waals surface area contributed by atoms with Gasteiger partial charge in [0.15, 0.2) is 0 Å². The van der Waals surface area contributed by atoms with E-state index in [-0.39, 0.29) is 0 Å². The van der Waals surface area contributed by atoms with E-state index in [1.54, 1.807) is 0 Å². The fraction of sp³-hybridized carbons (Fsp3) is 0. The minimum absolute atomic E-state index is 1.11.